The third-order valence-electron chi connectivity index (χ3n) is 4.62. The first-order chi connectivity index (χ1) is 9.56. The van der Waals surface area contributed by atoms with Crippen LogP contribution in [0.15, 0.2) is 23.1 Å². The maximum Gasteiger partial charge on any atom is 0.255 e. The zero-order valence-electron chi connectivity index (χ0n) is 11.6. The largest absolute Gasteiger partial charge is 0.337 e. The Hall–Kier alpha value is -0.710. The highest BCUT2D eigenvalue weighted by Gasteiger charge is 2.36. The van der Waals surface area contributed by atoms with Crippen molar-refractivity contribution in [3.05, 3.63) is 28.8 Å². The number of carbonyl (C=O) groups is 1. The van der Waals surface area contributed by atoms with E-state index in [-0.39, 0.29) is 5.91 Å². The Labute approximate surface area is 130 Å². The maximum absolute atomic E-state index is 12.7. The molecule has 0 saturated carbocycles. The molecular formula is C15H19ClN2OS. The first-order valence-corrected chi connectivity index (χ1v) is 7.88. The molecule has 2 bridgehead atoms. The number of rotatable bonds is 1. The summed E-state index contributed by atoms with van der Waals surface area (Å²) in [5.41, 5.74) is 0.569. The summed E-state index contributed by atoms with van der Waals surface area (Å²) in [7, 11) is 2.18. The second kappa shape index (κ2) is 5.58. The highest BCUT2D eigenvalue weighted by Crippen LogP contribution is 2.30. The van der Waals surface area contributed by atoms with E-state index in [2.05, 4.69) is 24.6 Å². The number of carbonyl (C=O) groups excluding carboxylic acids is 1. The van der Waals surface area contributed by atoms with Crippen LogP contribution in [-0.2, 0) is 0 Å². The molecule has 0 N–H and O–H groups in total. The molecule has 2 saturated heterocycles. The summed E-state index contributed by atoms with van der Waals surface area (Å²) in [5.74, 6) is 0.0341. The molecule has 108 valence electrons. The van der Waals surface area contributed by atoms with Crippen molar-refractivity contribution in [1.82, 2.24) is 9.80 Å². The van der Waals surface area contributed by atoms with Crippen molar-refractivity contribution in [2.75, 3.05) is 20.1 Å². The van der Waals surface area contributed by atoms with Gasteiger partial charge in [0.1, 0.15) is 0 Å². The summed E-state index contributed by atoms with van der Waals surface area (Å²) < 4.78 is 0. The van der Waals surface area contributed by atoms with Gasteiger partial charge in [0.25, 0.3) is 5.91 Å². The van der Waals surface area contributed by atoms with Gasteiger partial charge >= 0.3 is 0 Å². The van der Waals surface area contributed by atoms with Crippen LogP contribution < -0.4 is 0 Å². The molecule has 0 radical (unpaired) electrons. The fourth-order valence-corrected chi connectivity index (χ4v) is 3.74. The Balaban J connectivity index is 1.82. The molecule has 0 spiro atoms. The highest BCUT2D eigenvalue weighted by molar-refractivity contribution is 7.80. The standard InChI is InChI=1S/C15H19ClN2OS/c1-17-10-2-3-11(17)9-18(7-6-10)15(19)13-8-12(20)4-5-14(13)16/h4-5,8,10-11,20H,2-3,6-7,9H2,1H3. The number of hydrogen-bond acceptors (Lipinski definition) is 3. The maximum atomic E-state index is 12.7. The Bertz CT molecular complexity index is 537. The van der Waals surface area contributed by atoms with E-state index >= 15 is 0 Å². The molecule has 1 amide bonds. The number of likely N-dealkylation sites (tertiary alicyclic amines) is 1. The predicted octanol–water partition coefficient (Wildman–Crippen LogP) is 2.94. The summed E-state index contributed by atoms with van der Waals surface area (Å²) in [6.45, 7) is 1.62. The Morgan fingerprint density at radius 1 is 1.30 bits per heavy atom. The number of fused-ring (bicyclic) bond motifs is 2. The number of benzene rings is 1. The molecule has 5 heteroatoms. The van der Waals surface area contributed by atoms with Crippen LogP contribution in [0.2, 0.25) is 5.02 Å². The van der Waals surface area contributed by atoms with Crippen LogP contribution in [0.1, 0.15) is 29.6 Å². The van der Waals surface area contributed by atoms with Crippen LogP contribution >= 0.6 is 24.2 Å². The van der Waals surface area contributed by atoms with E-state index < -0.39 is 0 Å². The van der Waals surface area contributed by atoms with E-state index in [1.165, 1.54) is 12.8 Å². The third kappa shape index (κ3) is 2.57. The summed E-state index contributed by atoms with van der Waals surface area (Å²) in [4.78, 5) is 17.9. The summed E-state index contributed by atoms with van der Waals surface area (Å²) in [6, 6.07) is 6.43. The van der Waals surface area contributed by atoms with Crippen LogP contribution in [0.5, 0.6) is 0 Å². The third-order valence-corrected chi connectivity index (χ3v) is 5.22. The lowest BCUT2D eigenvalue weighted by atomic mass is 10.1. The Kier molecular flexibility index (Phi) is 3.98. The van der Waals surface area contributed by atoms with Gasteiger partial charge < -0.3 is 4.90 Å². The van der Waals surface area contributed by atoms with Crippen LogP contribution in [0.4, 0.5) is 0 Å². The number of nitrogens with zero attached hydrogens (tertiary/aromatic N) is 2. The van der Waals surface area contributed by atoms with Crippen molar-refractivity contribution in [3.63, 3.8) is 0 Å². The Morgan fingerprint density at radius 3 is 2.85 bits per heavy atom. The van der Waals surface area contributed by atoms with Crippen LogP contribution in [0.25, 0.3) is 0 Å². The molecule has 2 fully saturated rings. The summed E-state index contributed by atoms with van der Waals surface area (Å²) in [5, 5.41) is 0.510. The molecule has 0 aliphatic carbocycles. The smallest absolute Gasteiger partial charge is 0.255 e. The minimum absolute atomic E-state index is 0.0341. The van der Waals surface area contributed by atoms with Crippen LogP contribution in [-0.4, -0.2) is 47.9 Å². The molecule has 2 aliphatic heterocycles. The van der Waals surface area contributed by atoms with Crippen molar-refractivity contribution >= 4 is 30.1 Å². The number of halogens is 1. The fourth-order valence-electron chi connectivity index (χ4n) is 3.34. The molecule has 3 nitrogen and oxygen atoms in total. The molecule has 20 heavy (non-hydrogen) atoms. The van der Waals surface area contributed by atoms with Gasteiger partial charge in [-0.05, 0) is 44.5 Å². The normalized spacial score (nSPS) is 26.6. The topological polar surface area (TPSA) is 23.6 Å². The van der Waals surface area contributed by atoms with Gasteiger partial charge in [-0.3, -0.25) is 9.69 Å². The van der Waals surface area contributed by atoms with Crippen LogP contribution in [0.3, 0.4) is 0 Å². The second-order valence-corrected chi connectivity index (χ2v) is 6.68. The fraction of sp³-hybridized carbons (Fsp3) is 0.533. The molecular weight excluding hydrogens is 292 g/mol. The van der Waals surface area contributed by atoms with E-state index in [1.807, 2.05) is 4.90 Å². The van der Waals surface area contributed by atoms with Gasteiger partial charge in [-0.1, -0.05) is 11.6 Å². The first kappa shape index (κ1) is 14.2. The molecule has 3 rings (SSSR count). The van der Waals surface area contributed by atoms with Gasteiger partial charge in [0.15, 0.2) is 0 Å². The average Bonchev–Trinajstić information content (AvgIpc) is 2.65. The lowest BCUT2D eigenvalue weighted by molar-refractivity contribution is 0.0740. The lowest BCUT2D eigenvalue weighted by Crippen LogP contribution is -2.39. The van der Waals surface area contributed by atoms with E-state index in [0.29, 0.717) is 22.7 Å². The minimum Gasteiger partial charge on any atom is -0.337 e. The minimum atomic E-state index is 0.0341. The van der Waals surface area contributed by atoms with Crippen molar-refractivity contribution < 1.29 is 4.79 Å². The van der Waals surface area contributed by atoms with Gasteiger partial charge in [-0.15, -0.1) is 12.6 Å². The van der Waals surface area contributed by atoms with Crippen molar-refractivity contribution in [1.29, 1.82) is 0 Å². The predicted molar refractivity (Wildman–Crippen MR) is 83.8 cm³/mol. The molecule has 0 aromatic heterocycles. The van der Waals surface area contributed by atoms with Gasteiger partial charge in [0.2, 0.25) is 0 Å². The van der Waals surface area contributed by atoms with Crippen LogP contribution in [0, 0.1) is 0 Å². The van der Waals surface area contributed by atoms with Crippen molar-refractivity contribution in [2.24, 2.45) is 0 Å². The monoisotopic (exact) mass is 310 g/mol. The quantitative estimate of drug-likeness (QED) is 0.806. The lowest BCUT2D eigenvalue weighted by Gasteiger charge is -2.26. The zero-order chi connectivity index (χ0) is 14.3. The van der Waals surface area contributed by atoms with Gasteiger partial charge in [-0.2, -0.15) is 0 Å². The number of amides is 1. The summed E-state index contributed by atoms with van der Waals surface area (Å²) >= 11 is 10.5. The second-order valence-electron chi connectivity index (χ2n) is 5.75. The average molecular weight is 311 g/mol. The van der Waals surface area contributed by atoms with E-state index in [0.717, 1.165) is 24.4 Å². The van der Waals surface area contributed by atoms with Crippen molar-refractivity contribution in [3.8, 4) is 0 Å². The molecule has 2 atom stereocenters. The summed E-state index contributed by atoms with van der Waals surface area (Å²) in [6.07, 6.45) is 3.50. The van der Waals surface area contributed by atoms with Crippen molar-refractivity contribution in [2.45, 2.75) is 36.2 Å². The number of likely N-dealkylation sites (N-methyl/N-ethyl adjacent to an activating group) is 1. The SMILES string of the molecule is CN1C2CCC1CN(C(=O)c1cc(S)ccc1Cl)CC2. The highest BCUT2D eigenvalue weighted by atomic mass is 35.5. The van der Waals surface area contributed by atoms with Gasteiger partial charge in [0, 0.05) is 30.1 Å². The number of thiol groups is 1. The van der Waals surface area contributed by atoms with E-state index in [9.17, 15) is 4.79 Å². The molecule has 2 aliphatic rings. The van der Waals surface area contributed by atoms with Gasteiger partial charge in [-0.25, -0.2) is 0 Å². The molecule has 2 unspecified atom stereocenters. The zero-order valence-corrected chi connectivity index (χ0v) is 13.2. The molecule has 2 heterocycles. The van der Waals surface area contributed by atoms with Gasteiger partial charge in [0.05, 0.1) is 10.6 Å². The number of hydrogen-bond donors (Lipinski definition) is 1. The van der Waals surface area contributed by atoms with E-state index in [1.54, 1.807) is 18.2 Å². The Morgan fingerprint density at radius 2 is 2.05 bits per heavy atom. The molecule has 1 aromatic carbocycles. The van der Waals surface area contributed by atoms with E-state index in [4.69, 9.17) is 11.6 Å². The first-order valence-electron chi connectivity index (χ1n) is 7.06. The molecule has 1 aromatic rings.